The summed E-state index contributed by atoms with van der Waals surface area (Å²) in [5.41, 5.74) is 1.16. The number of nitrogens with zero attached hydrogens (tertiary/aromatic N) is 3. The fourth-order valence-electron chi connectivity index (χ4n) is 2.50. The molecule has 1 aliphatic heterocycles. The Balaban J connectivity index is 1.83. The lowest BCUT2D eigenvalue weighted by atomic mass is 10.2. The number of thiophene rings is 1. The average molecular weight is 293 g/mol. The largest absolute Gasteiger partial charge is 0.379 e. The summed E-state index contributed by atoms with van der Waals surface area (Å²) in [6.45, 7) is 9.07. The zero-order valence-corrected chi connectivity index (χ0v) is 12.7. The minimum Gasteiger partial charge on any atom is -0.379 e. The summed E-state index contributed by atoms with van der Waals surface area (Å²) in [5, 5.41) is 0.789. The number of rotatable bonds is 3. The Bertz CT molecular complexity index is 671. The van der Waals surface area contributed by atoms with Gasteiger partial charge in [-0.3, -0.25) is 14.3 Å². The van der Waals surface area contributed by atoms with Gasteiger partial charge in [-0.05, 0) is 19.4 Å². The van der Waals surface area contributed by atoms with Crippen LogP contribution in [-0.4, -0.2) is 47.3 Å². The molecule has 1 aliphatic rings. The summed E-state index contributed by atoms with van der Waals surface area (Å²) >= 11 is 1.60. The highest BCUT2D eigenvalue weighted by molar-refractivity contribution is 7.18. The van der Waals surface area contributed by atoms with E-state index in [4.69, 9.17) is 4.74 Å². The van der Waals surface area contributed by atoms with Crippen LogP contribution in [0.25, 0.3) is 10.2 Å². The molecule has 5 nitrogen and oxygen atoms in total. The Kier molecular flexibility index (Phi) is 3.87. The second-order valence-corrected chi connectivity index (χ2v) is 6.36. The maximum atomic E-state index is 12.5. The average Bonchev–Trinajstić information content (AvgIpc) is 2.75. The van der Waals surface area contributed by atoms with E-state index in [9.17, 15) is 4.79 Å². The lowest BCUT2D eigenvalue weighted by molar-refractivity contribution is 0.0362. The summed E-state index contributed by atoms with van der Waals surface area (Å²) in [6, 6.07) is 0. The van der Waals surface area contributed by atoms with E-state index in [0.29, 0.717) is 6.54 Å². The van der Waals surface area contributed by atoms with Crippen molar-refractivity contribution in [3.05, 3.63) is 27.1 Å². The molecule has 20 heavy (non-hydrogen) atoms. The number of morpholine rings is 1. The molecule has 0 N–H and O–H groups in total. The molecule has 0 saturated carbocycles. The highest BCUT2D eigenvalue weighted by atomic mass is 32.1. The molecular formula is C14H19N3O2S. The predicted molar refractivity (Wildman–Crippen MR) is 80.6 cm³/mol. The molecule has 0 aliphatic carbocycles. The van der Waals surface area contributed by atoms with Crippen LogP contribution in [-0.2, 0) is 11.3 Å². The molecule has 0 spiro atoms. The third-order valence-electron chi connectivity index (χ3n) is 3.92. The predicted octanol–water partition coefficient (Wildman–Crippen LogP) is 1.41. The molecule has 0 amide bonds. The van der Waals surface area contributed by atoms with E-state index in [1.54, 1.807) is 22.2 Å². The first-order chi connectivity index (χ1) is 9.66. The fraction of sp³-hybridized carbons (Fsp3) is 0.571. The zero-order chi connectivity index (χ0) is 14.1. The first-order valence-electron chi connectivity index (χ1n) is 6.92. The number of hydrogen-bond donors (Lipinski definition) is 0. The van der Waals surface area contributed by atoms with Crippen LogP contribution < -0.4 is 5.56 Å². The van der Waals surface area contributed by atoms with E-state index in [2.05, 4.69) is 9.88 Å². The van der Waals surface area contributed by atoms with Crippen LogP contribution >= 0.6 is 11.3 Å². The van der Waals surface area contributed by atoms with Crippen molar-refractivity contribution in [1.82, 2.24) is 14.5 Å². The van der Waals surface area contributed by atoms with Gasteiger partial charge < -0.3 is 4.74 Å². The van der Waals surface area contributed by atoms with Crippen LogP contribution in [0, 0.1) is 13.8 Å². The van der Waals surface area contributed by atoms with Gasteiger partial charge in [-0.25, -0.2) is 4.98 Å². The molecule has 6 heteroatoms. The molecule has 2 aromatic heterocycles. The van der Waals surface area contributed by atoms with Crippen molar-refractivity contribution in [3.63, 3.8) is 0 Å². The number of ether oxygens (including phenoxy) is 1. The van der Waals surface area contributed by atoms with E-state index in [1.807, 2.05) is 13.8 Å². The van der Waals surface area contributed by atoms with E-state index in [1.165, 1.54) is 4.88 Å². The molecule has 0 atom stereocenters. The third-order valence-corrected chi connectivity index (χ3v) is 5.03. The summed E-state index contributed by atoms with van der Waals surface area (Å²) < 4.78 is 7.06. The fourth-order valence-corrected chi connectivity index (χ4v) is 3.49. The van der Waals surface area contributed by atoms with Gasteiger partial charge in [0.25, 0.3) is 5.56 Å². The second-order valence-electron chi connectivity index (χ2n) is 5.16. The van der Waals surface area contributed by atoms with Crippen molar-refractivity contribution < 1.29 is 4.74 Å². The maximum Gasteiger partial charge on any atom is 0.262 e. The molecule has 0 unspecified atom stereocenters. The number of fused-ring (bicyclic) bond motifs is 1. The standard InChI is InChI=1S/C14H19N3O2S/c1-10-11(2)20-13-12(10)14(18)17(9-15-13)4-3-16-5-7-19-8-6-16/h9H,3-8H2,1-2H3. The Morgan fingerprint density at radius 3 is 2.80 bits per heavy atom. The SMILES string of the molecule is Cc1sc2ncn(CCN3CCOCC3)c(=O)c2c1C. The molecule has 0 radical (unpaired) electrons. The minimum atomic E-state index is 0.0881. The van der Waals surface area contributed by atoms with Gasteiger partial charge in [0, 0.05) is 31.1 Å². The summed E-state index contributed by atoms with van der Waals surface area (Å²) in [6.07, 6.45) is 1.68. The quantitative estimate of drug-likeness (QED) is 0.858. The topological polar surface area (TPSA) is 47.4 Å². The van der Waals surface area contributed by atoms with Crippen molar-refractivity contribution in [1.29, 1.82) is 0 Å². The summed E-state index contributed by atoms with van der Waals surface area (Å²) in [5.74, 6) is 0. The van der Waals surface area contributed by atoms with Crippen molar-refractivity contribution in [2.24, 2.45) is 0 Å². The first-order valence-corrected chi connectivity index (χ1v) is 7.73. The molecular weight excluding hydrogens is 274 g/mol. The van der Waals surface area contributed by atoms with Gasteiger partial charge >= 0.3 is 0 Å². The molecule has 3 heterocycles. The molecule has 0 bridgehead atoms. The minimum absolute atomic E-state index is 0.0881. The van der Waals surface area contributed by atoms with Crippen LogP contribution in [0.1, 0.15) is 10.4 Å². The number of aromatic nitrogens is 2. The molecule has 108 valence electrons. The summed E-state index contributed by atoms with van der Waals surface area (Å²) in [4.78, 5) is 21.3. The number of aryl methyl sites for hydroxylation is 2. The third kappa shape index (κ3) is 2.51. The van der Waals surface area contributed by atoms with E-state index < -0.39 is 0 Å². The van der Waals surface area contributed by atoms with Crippen LogP contribution in [0.3, 0.4) is 0 Å². The first kappa shape index (κ1) is 13.7. The van der Waals surface area contributed by atoms with Gasteiger partial charge in [0.05, 0.1) is 24.9 Å². The summed E-state index contributed by atoms with van der Waals surface area (Å²) in [7, 11) is 0. The molecule has 1 saturated heterocycles. The molecule has 3 rings (SSSR count). The van der Waals surface area contributed by atoms with Crippen LogP contribution in [0.4, 0.5) is 0 Å². The van der Waals surface area contributed by atoms with Crippen LogP contribution in [0.15, 0.2) is 11.1 Å². The Labute approximate surface area is 121 Å². The Hall–Kier alpha value is -1.24. The highest BCUT2D eigenvalue weighted by Crippen LogP contribution is 2.25. The normalized spacial score (nSPS) is 16.9. The van der Waals surface area contributed by atoms with Gasteiger partial charge in [-0.15, -0.1) is 11.3 Å². The van der Waals surface area contributed by atoms with Gasteiger partial charge in [0.15, 0.2) is 0 Å². The van der Waals surface area contributed by atoms with Crippen molar-refractivity contribution in [2.75, 3.05) is 32.8 Å². The highest BCUT2D eigenvalue weighted by Gasteiger charge is 2.14. The zero-order valence-electron chi connectivity index (χ0n) is 11.9. The van der Waals surface area contributed by atoms with Gasteiger partial charge in [0.1, 0.15) is 4.83 Å². The monoisotopic (exact) mass is 293 g/mol. The van der Waals surface area contributed by atoms with E-state index in [-0.39, 0.29) is 5.56 Å². The lowest BCUT2D eigenvalue weighted by Gasteiger charge is -2.26. The Morgan fingerprint density at radius 2 is 2.05 bits per heavy atom. The Morgan fingerprint density at radius 1 is 1.30 bits per heavy atom. The smallest absolute Gasteiger partial charge is 0.262 e. The van der Waals surface area contributed by atoms with E-state index in [0.717, 1.165) is 48.6 Å². The van der Waals surface area contributed by atoms with Crippen molar-refractivity contribution >= 4 is 21.6 Å². The molecule has 1 fully saturated rings. The second kappa shape index (κ2) is 5.63. The molecule has 2 aromatic rings. The lowest BCUT2D eigenvalue weighted by Crippen LogP contribution is -2.39. The van der Waals surface area contributed by atoms with Gasteiger partial charge in [-0.1, -0.05) is 0 Å². The van der Waals surface area contributed by atoms with Crippen LogP contribution in [0.2, 0.25) is 0 Å². The van der Waals surface area contributed by atoms with E-state index >= 15 is 0 Å². The van der Waals surface area contributed by atoms with Gasteiger partial charge in [-0.2, -0.15) is 0 Å². The van der Waals surface area contributed by atoms with Crippen molar-refractivity contribution in [3.8, 4) is 0 Å². The van der Waals surface area contributed by atoms with Crippen molar-refractivity contribution in [2.45, 2.75) is 20.4 Å². The van der Waals surface area contributed by atoms with Gasteiger partial charge in [0.2, 0.25) is 0 Å². The maximum absolute atomic E-state index is 12.5. The number of hydrogen-bond acceptors (Lipinski definition) is 5. The molecule has 0 aromatic carbocycles. The van der Waals surface area contributed by atoms with Crippen LogP contribution in [0.5, 0.6) is 0 Å².